The van der Waals surface area contributed by atoms with Gasteiger partial charge in [-0.2, -0.15) is 0 Å². The molecule has 0 aromatic heterocycles. The highest BCUT2D eigenvalue weighted by molar-refractivity contribution is 6.73. The molecule has 0 fully saturated rings. The molecule has 1 nitrogen and oxygen atoms in total. The molecule has 12 heteroatoms. The van der Waals surface area contributed by atoms with Gasteiger partial charge in [0.15, 0.2) is 0 Å². The Bertz CT molecular complexity index is 2600. The van der Waals surface area contributed by atoms with Crippen LogP contribution in [-0.4, -0.2) is 86.3 Å². The predicted octanol–water partition coefficient (Wildman–Crippen LogP) is -2.50. The summed E-state index contributed by atoms with van der Waals surface area (Å²) < 4.78 is 6.51. The lowest BCUT2D eigenvalue weighted by atomic mass is 9.56. The van der Waals surface area contributed by atoms with Crippen LogP contribution in [0.2, 0.25) is 0 Å². The summed E-state index contributed by atoms with van der Waals surface area (Å²) in [5.41, 5.74) is 6.59. The van der Waals surface area contributed by atoms with E-state index in [1.165, 1.54) is 0 Å². The highest BCUT2D eigenvalue weighted by atomic mass is 16.5. The third-order valence-electron chi connectivity index (χ3n) is 9.81. The van der Waals surface area contributed by atoms with Gasteiger partial charge < -0.3 is 4.74 Å². The van der Waals surface area contributed by atoms with E-state index in [2.05, 4.69) is 30.3 Å². The summed E-state index contributed by atoms with van der Waals surface area (Å²) in [6, 6.07) is 26.2. The molecule has 204 valence electrons. The second kappa shape index (κ2) is 11.8. The molecular weight excluding hydrogens is 591 g/mol. The van der Waals surface area contributed by atoms with Gasteiger partial charge in [0.2, 0.25) is 0 Å². The molecule has 0 amide bonds. The van der Waals surface area contributed by atoms with Crippen LogP contribution in [0.5, 0.6) is 11.5 Å². The van der Waals surface area contributed by atoms with E-state index in [1.54, 1.807) is 0 Å². The summed E-state index contributed by atoms with van der Waals surface area (Å²) in [6.45, 7) is 0. The van der Waals surface area contributed by atoms with E-state index in [9.17, 15) is 0 Å². The van der Waals surface area contributed by atoms with Crippen LogP contribution in [0.15, 0.2) is 78.9 Å². The molecular formula is C38H13B11O. The van der Waals surface area contributed by atoms with Gasteiger partial charge in [0.25, 0.3) is 0 Å². The maximum Gasteiger partial charge on any atom is 0.135 e. The molecule has 0 saturated carbocycles. The van der Waals surface area contributed by atoms with Crippen LogP contribution in [0.1, 0.15) is 0 Å². The van der Waals surface area contributed by atoms with Gasteiger partial charge in [0, 0.05) is 10.9 Å². The molecule has 0 aliphatic carbocycles. The van der Waals surface area contributed by atoms with Crippen LogP contribution in [0.3, 0.4) is 0 Å². The van der Waals surface area contributed by atoms with Crippen molar-refractivity contribution in [2.45, 2.75) is 0 Å². The zero-order valence-electron chi connectivity index (χ0n) is 26.8. The molecule has 0 atom stereocenters. The second-order valence-electron chi connectivity index (χ2n) is 12.4. The van der Waals surface area contributed by atoms with E-state index in [4.69, 9.17) is 91.0 Å². The predicted molar refractivity (Wildman–Crippen MR) is 223 cm³/mol. The highest BCUT2D eigenvalue weighted by Crippen LogP contribution is 2.49. The molecule has 7 aromatic carbocycles. The first kappa shape index (κ1) is 32.8. The molecule has 8 rings (SSSR count). The van der Waals surface area contributed by atoms with Gasteiger partial charge in [-0.1, -0.05) is 104 Å². The Morgan fingerprint density at radius 2 is 0.860 bits per heavy atom. The Hall–Kier alpha value is -4.43. The summed E-state index contributed by atoms with van der Waals surface area (Å²) in [7, 11) is 72.2. The minimum absolute atomic E-state index is 0.0301. The second-order valence-corrected chi connectivity index (χ2v) is 12.4. The van der Waals surface area contributed by atoms with Crippen molar-refractivity contribution in [1.29, 1.82) is 0 Å². The minimum Gasteiger partial charge on any atom is -0.456 e. The molecule has 0 saturated heterocycles. The number of benzene rings is 7. The molecule has 7 aromatic rings. The first-order valence-corrected chi connectivity index (χ1v) is 15.6. The van der Waals surface area contributed by atoms with Crippen LogP contribution in [-0.2, 0) is 0 Å². The minimum atomic E-state index is 0.0301. The Kier molecular flexibility index (Phi) is 7.75. The number of hydrogen-bond acceptors (Lipinski definition) is 1. The van der Waals surface area contributed by atoms with Gasteiger partial charge >= 0.3 is 0 Å². The van der Waals surface area contributed by atoms with Crippen molar-refractivity contribution in [1.82, 2.24) is 0 Å². The van der Waals surface area contributed by atoms with E-state index in [0.29, 0.717) is 16.9 Å². The fourth-order valence-electron chi connectivity index (χ4n) is 7.22. The first-order chi connectivity index (χ1) is 23.9. The summed E-state index contributed by atoms with van der Waals surface area (Å²) in [5, 5.41) is 2.26. The summed E-state index contributed by atoms with van der Waals surface area (Å²) in [6.07, 6.45) is 0. The number of hydrogen-bond donors (Lipinski definition) is 0. The molecule has 50 heavy (non-hydrogen) atoms. The fourth-order valence-corrected chi connectivity index (χ4v) is 7.22. The lowest BCUT2D eigenvalue weighted by molar-refractivity contribution is 0.487. The molecule has 0 spiro atoms. The standard InChI is InChI=1S/C38H13B11O/c39-28-23(29(40)33(44)26(32(28)43)24-25-27(34(45)36(47)30(24)41)35(46)38(49)37(48)31(25)42)19-12-11-18-16-10-9-15(14-5-2-1-3-6-14)13-21(16)50-20-8-4-7-17(19)22(18)20/h1-13H. The van der Waals surface area contributed by atoms with Gasteiger partial charge in [-0.05, 0) is 73.3 Å². The quantitative estimate of drug-likeness (QED) is 0.203. The van der Waals surface area contributed by atoms with E-state index in [1.807, 2.05) is 48.5 Å². The van der Waals surface area contributed by atoms with Crippen molar-refractivity contribution in [3.05, 3.63) is 78.9 Å². The average molecular weight is 604 g/mol. The number of rotatable bonds is 3. The Morgan fingerprint density at radius 3 is 1.52 bits per heavy atom. The molecule has 1 heterocycles. The maximum atomic E-state index is 6.88. The van der Waals surface area contributed by atoms with Crippen molar-refractivity contribution in [3.8, 4) is 56.0 Å². The average Bonchev–Trinajstić information content (AvgIpc) is 3.13. The fraction of sp³-hybridized carbons (Fsp3) is 0. The number of fused-ring (bicyclic) bond motifs is 3. The third kappa shape index (κ3) is 4.56. The largest absolute Gasteiger partial charge is 0.456 e. The van der Waals surface area contributed by atoms with Crippen molar-refractivity contribution in [2.75, 3.05) is 0 Å². The first-order valence-electron chi connectivity index (χ1n) is 15.6. The lowest BCUT2D eigenvalue weighted by Crippen LogP contribution is -2.53. The molecule has 1 aliphatic heterocycles. The highest BCUT2D eigenvalue weighted by Gasteiger charge is 2.26. The van der Waals surface area contributed by atoms with Gasteiger partial charge in [-0.3, -0.25) is 0 Å². The monoisotopic (exact) mass is 606 g/mol. The Balaban J connectivity index is 1.36. The molecule has 0 bridgehead atoms. The van der Waals surface area contributed by atoms with Crippen LogP contribution in [0.4, 0.5) is 0 Å². The third-order valence-corrected chi connectivity index (χ3v) is 9.81. The van der Waals surface area contributed by atoms with Crippen LogP contribution in [0, 0.1) is 0 Å². The van der Waals surface area contributed by atoms with Crippen molar-refractivity contribution in [3.63, 3.8) is 0 Å². The van der Waals surface area contributed by atoms with Crippen LogP contribution >= 0.6 is 0 Å². The van der Waals surface area contributed by atoms with E-state index >= 15 is 0 Å². The van der Waals surface area contributed by atoms with E-state index in [0.717, 1.165) is 38.8 Å². The smallest absolute Gasteiger partial charge is 0.135 e. The summed E-state index contributed by atoms with van der Waals surface area (Å²) in [4.78, 5) is 0. The molecule has 0 N–H and O–H groups in total. The van der Waals surface area contributed by atoms with Crippen LogP contribution < -0.4 is 64.8 Å². The van der Waals surface area contributed by atoms with Gasteiger partial charge in [0.1, 0.15) is 97.8 Å². The van der Waals surface area contributed by atoms with Crippen LogP contribution in [0.25, 0.3) is 66.1 Å². The van der Waals surface area contributed by atoms with Gasteiger partial charge in [-0.25, -0.2) is 0 Å². The Morgan fingerprint density at radius 1 is 0.320 bits per heavy atom. The lowest BCUT2D eigenvalue weighted by Gasteiger charge is -2.30. The van der Waals surface area contributed by atoms with Crippen molar-refractivity contribution in [2.24, 2.45) is 0 Å². The zero-order chi connectivity index (χ0) is 35.3. The van der Waals surface area contributed by atoms with Crippen molar-refractivity contribution < 1.29 is 4.74 Å². The van der Waals surface area contributed by atoms with Crippen molar-refractivity contribution >= 4 is 168 Å². The topological polar surface area (TPSA) is 9.23 Å². The van der Waals surface area contributed by atoms with Gasteiger partial charge in [0.05, 0.1) is 0 Å². The SMILES string of the molecule is [B]c1c([B])c(-c2c([B])c([B])c([B])c3c([B])c([B])c([B])c([B])c23)c([B])c([B])c1-c1ccc2c3c(cccc13)Oc1cc(-c3ccccc3)ccc1-2. The summed E-state index contributed by atoms with van der Waals surface area (Å²) in [5.74, 6) is 1.44. The summed E-state index contributed by atoms with van der Waals surface area (Å²) >= 11 is 0. The molecule has 0 unspecified atom stereocenters. The Labute approximate surface area is 306 Å². The normalized spacial score (nSPS) is 11.8. The van der Waals surface area contributed by atoms with Gasteiger partial charge in [-0.15, -0.1) is 16.4 Å². The maximum absolute atomic E-state index is 6.88. The zero-order valence-corrected chi connectivity index (χ0v) is 26.8. The van der Waals surface area contributed by atoms with E-state index < -0.39 is 0 Å². The van der Waals surface area contributed by atoms with E-state index in [-0.39, 0.29) is 82.0 Å². The molecule has 1 aliphatic rings. The molecule has 22 radical (unpaired) electrons. The number of ether oxygens (including phenoxy) is 1.